The molecule has 0 aliphatic heterocycles. The second-order valence-electron chi connectivity index (χ2n) is 5.77. The number of nitrogens with zero attached hydrogens (tertiary/aromatic N) is 2. The van der Waals surface area contributed by atoms with Gasteiger partial charge in [-0.2, -0.15) is 0 Å². The third-order valence-electron chi connectivity index (χ3n) is 3.62. The van der Waals surface area contributed by atoms with Gasteiger partial charge in [0.05, 0.1) is 17.4 Å². The summed E-state index contributed by atoms with van der Waals surface area (Å²) in [5.74, 6) is 0.565. The Bertz CT molecular complexity index is 441. The fourth-order valence-corrected chi connectivity index (χ4v) is 2.59. The van der Waals surface area contributed by atoms with Crippen LogP contribution in [0.1, 0.15) is 57.8 Å². The van der Waals surface area contributed by atoms with Gasteiger partial charge >= 0.3 is 0 Å². The molecular weight excluding hydrogens is 262 g/mol. The van der Waals surface area contributed by atoms with Crippen molar-refractivity contribution in [3.8, 4) is 0 Å². The first kappa shape index (κ1) is 17.5. The highest BCUT2D eigenvalue weighted by Crippen LogP contribution is 2.20. The normalized spacial score (nSPS) is 11.0. The van der Waals surface area contributed by atoms with Gasteiger partial charge in [0.2, 0.25) is 0 Å². The lowest BCUT2D eigenvalue weighted by molar-refractivity contribution is 0.0641. The number of nitrogens with one attached hydrogen (secondary N) is 1. The number of hydrogen-bond acceptors (Lipinski definition) is 3. The van der Waals surface area contributed by atoms with Crippen molar-refractivity contribution in [1.82, 2.24) is 9.88 Å². The summed E-state index contributed by atoms with van der Waals surface area (Å²) in [6.45, 7) is 12.2. The SMILES string of the molecule is CCNc1cnccc1C(=O)N(CC(C)C)C(CC)CC. The van der Waals surface area contributed by atoms with Crippen LogP contribution < -0.4 is 5.32 Å². The van der Waals surface area contributed by atoms with Crippen LogP contribution in [-0.4, -0.2) is 34.9 Å². The second kappa shape index (κ2) is 8.65. The molecule has 0 atom stereocenters. The van der Waals surface area contributed by atoms with Crippen LogP contribution in [0.2, 0.25) is 0 Å². The molecule has 0 aliphatic rings. The molecule has 1 heterocycles. The summed E-state index contributed by atoms with van der Waals surface area (Å²) < 4.78 is 0. The lowest BCUT2D eigenvalue weighted by Gasteiger charge is -2.32. The molecule has 0 bridgehead atoms. The Hall–Kier alpha value is -1.58. The first-order valence-corrected chi connectivity index (χ1v) is 8.03. The summed E-state index contributed by atoms with van der Waals surface area (Å²) in [4.78, 5) is 19.1. The van der Waals surface area contributed by atoms with Crippen molar-refractivity contribution >= 4 is 11.6 Å². The van der Waals surface area contributed by atoms with Crippen molar-refractivity contribution in [3.63, 3.8) is 0 Å². The Morgan fingerprint density at radius 2 is 1.95 bits per heavy atom. The minimum Gasteiger partial charge on any atom is -0.383 e. The zero-order valence-corrected chi connectivity index (χ0v) is 14.0. The van der Waals surface area contributed by atoms with E-state index in [1.165, 1.54) is 0 Å². The lowest BCUT2D eigenvalue weighted by Crippen LogP contribution is -2.42. The van der Waals surface area contributed by atoms with Crippen LogP contribution in [-0.2, 0) is 0 Å². The third kappa shape index (κ3) is 4.73. The monoisotopic (exact) mass is 291 g/mol. The highest BCUT2D eigenvalue weighted by atomic mass is 16.2. The van der Waals surface area contributed by atoms with E-state index in [1.54, 1.807) is 12.4 Å². The van der Waals surface area contributed by atoms with Gasteiger partial charge in [0.1, 0.15) is 0 Å². The van der Waals surface area contributed by atoms with Gasteiger partial charge in [0, 0.05) is 25.3 Å². The molecule has 1 amide bonds. The maximum Gasteiger partial charge on any atom is 0.256 e. The molecule has 118 valence electrons. The van der Waals surface area contributed by atoms with Gasteiger partial charge in [-0.05, 0) is 31.7 Å². The van der Waals surface area contributed by atoms with Crippen molar-refractivity contribution in [2.45, 2.75) is 53.5 Å². The second-order valence-corrected chi connectivity index (χ2v) is 5.77. The molecular formula is C17H29N3O. The molecule has 0 spiro atoms. The van der Waals surface area contributed by atoms with Crippen molar-refractivity contribution in [3.05, 3.63) is 24.0 Å². The predicted octanol–water partition coefficient (Wildman–Crippen LogP) is 3.80. The van der Waals surface area contributed by atoms with E-state index >= 15 is 0 Å². The number of carbonyl (C=O) groups excluding carboxylic acids is 1. The maximum atomic E-state index is 13.0. The van der Waals surface area contributed by atoms with Gasteiger partial charge in [-0.3, -0.25) is 9.78 Å². The molecule has 1 aromatic rings. The Morgan fingerprint density at radius 3 is 2.48 bits per heavy atom. The molecule has 1 aromatic heterocycles. The van der Waals surface area contributed by atoms with E-state index in [9.17, 15) is 4.79 Å². The zero-order chi connectivity index (χ0) is 15.8. The van der Waals surface area contributed by atoms with Crippen molar-refractivity contribution in [2.75, 3.05) is 18.4 Å². The van der Waals surface area contributed by atoms with Gasteiger partial charge in [0.25, 0.3) is 5.91 Å². The zero-order valence-electron chi connectivity index (χ0n) is 14.0. The Labute approximate surface area is 129 Å². The molecule has 0 aromatic carbocycles. The lowest BCUT2D eigenvalue weighted by atomic mass is 10.1. The number of pyridine rings is 1. The van der Waals surface area contributed by atoms with Crippen molar-refractivity contribution < 1.29 is 4.79 Å². The molecule has 1 N–H and O–H groups in total. The van der Waals surface area contributed by atoms with E-state index in [4.69, 9.17) is 0 Å². The largest absolute Gasteiger partial charge is 0.383 e. The van der Waals surface area contributed by atoms with E-state index in [-0.39, 0.29) is 5.91 Å². The standard InChI is InChI=1S/C17H29N3O/c1-6-14(7-2)20(12-13(4)5)17(21)15-9-10-18-11-16(15)19-8-3/h9-11,13-14,19H,6-8,12H2,1-5H3. The fraction of sp³-hybridized carbons (Fsp3) is 0.647. The quantitative estimate of drug-likeness (QED) is 0.792. The number of hydrogen-bond donors (Lipinski definition) is 1. The first-order valence-electron chi connectivity index (χ1n) is 8.03. The van der Waals surface area contributed by atoms with Crippen LogP contribution in [0.15, 0.2) is 18.5 Å². The number of carbonyl (C=O) groups is 1. The van der Waals surface area contributed by atoms with E-state index < -0.39 is 0 Å². The van der Waals surface area contributed by atoms with Crippen molar-refractivity contribution in [1.29, 1.82) is 0 Å². The highest BCUT2D eigenvalue weighted by molar-refractivity contribution is 5.99. The molecule has 0 fully saturated rings. The topological polar surface area (TPSA) is 45.2 Å². The van der Waals surface area contributed by atoms with Gasteiger partial charge < -0.3 is 10.2 Å². The van der Waals surface area contributed by atoms with Crippen LogP contribution >= 0.6 is 0 Å². The smallest absolute Gasteiger partial charge is 0.256 e. The third-order valence-corrected chi connectivity index (χ3v) is 3.62. The Balaban J connectivity index is 3.09. The van der Waals surface area contributed by atoms with E-state index in [0.29, 0.717) is 12.0 Å². The average molecular weight is 291 g/mol. The van der Waals surface area contributed by atoms with Crippen LogP contribution in [0, 0.1) is 5.92 Å². The Morgan fingerprint density at radius 1 is 1.29 bits per heavy atom. The molecule has 21 heavy (non-hydrogen) atoms. The van der Waals surface area contributed by atoms with E-state index in [0.717, 1.165) is 37.2 Å². The Kier molecular flexibility index (Phi) is 7.20. The van der Waals surface area contributed by atoms with Gasteiger partial charge in [0.15, 0.2) is 0 Å². The van der Waals surface area contributed by atoms with Crippen molar-refractivity contribution in [2.24, 2.45) is 5.92 Å². The maximum absolute atomic E-state index is 13.0. The minimum absolute atomic E-state index is 0.107. The summed E-state index contributed by atoms with van der Waals surface area (Å²) in [5, 5.41) is 3.23. The molecule has 0 saturated carbocycles. The van der Waals surface area contributed by atoms with Crippen LogP contribution in [0.3, 0.4) is 0 Å². The molecule has 0 unspecified atom stereocenters. The molecule has 1 rings (SSSR count). The van der Waals surface area contributed by atoms with E-state index in [2.05, 4.69) is 38.0 Å². The highest BCUT2D eigenvalue weighted by Gasteiger charge is 2.24. The number of amides is 1. The number of anilines is 1. The molecule has 0 aliphatic carbocycles. The molecule has 0 saturated heterocycles. The van der Waals surface area contributed by atoms with Gasteiger partial charge in [-0.15, -0.1) is 0 Å². The summed E-state index contributed by atoms with van der Waals surface area (Å²) >= 11 is 0. The molecule has 4 heteroatoms. The molecule has 4 nitrogen and oxygen atoms in total. The van der Waals surface area contributed by atoms with Crippen LogP contribution in [0.4, 0.5) is 5.69 Å². The summed E-state index contributed by atoms with van der Waals surface area (Å²) in [5.41, 5.74) is 1.55. The molecule has 0 radical (unpaired) electrons. The first-order chi connectivity index (χ1) is 10.0. The number of rotatable bonds is 8. The van der Waals surface area contributed by atoms with Gasteiger partial charge in [-0.25, -0.2) is 0 Å². The predicted molar refractivity (Wildman–Crippen MR) is 88.6 cm³/mol. The average Bonchev–Trinajstić information content (AvgIpc) is 2.47. The fourth-order valence-electron chi connectivity index (χ4n) is 2.59. The summed E-state index contributed by atoms with van der Waals surface area (Å²) in [6.07, 6.45) is 5.39. The van der Waals surface area contributed by atoms with Gasteiger partial charge in [-0.1, -0.05) is 27.7 Å². The summed E-state index contributed by atoms with van der Waals surface area (Å²) in [6, 6.07) is 2.11. The van der Waals surface area contributed by atoms with Crippen LogP contribution in [0.25, 0.3) is 0 Å². The number of aromatic nitrogens is 1. The van der Waals surface area contributed by atoms with E-state index in [1.807, 2.05) is 17.9 Å². The minimum atomic E-state index is 0.107. The summed E-state index contributed by atoms with van der Waals surface area (Å²) in [7, 11) is 0. The van der Waals surface area contributed by atoms with Crippen LogP contribution in [0.5, 0.6) is 0 Å².